The summed E-state index contributed by atoms with van der Waals surface area (Å²) in [6, 6.07) is 17.4. The minimum atomic E-state index is -0.120. The van der Waals surface area contributed by atoms with Gasteiger partial charge in [0.1, 0.15) is 5.82 Å². The molecule has 1 aliphatic carbocycles. The quantitative estimate of drug-likeness (QED) is 0.513. The van der Waals surface area contributed by atoms with Crippen LogP contribution in [-0.2, 0) is 4.79 Å². The van der Waals surface area contributed by atoms with Crippen molar-refractivity contribution in [3.8, 4) is 5.69 Å². The summed E-state index contributed by atoms with van der Waals surface area (Å²) < 4.78 is 2.11. The molecule has 3 aromatic rings. The number of para-hydroxylation sites is 2. The molecule has 7 heteroatoms. The summed E-state index contributed by atoms with van der Waals surface area (Å²) in [4.78, 5) is 12.4. The minimum absolute atomic E-state index is 0.120. The van der Waals surface area contributed by atoms with E-state index in [2.05, 4.69) is 32.2 Å². The number of benzene rings is 2. The largest absolute Gasteiger partial charge is 0.324 e. The van der Waals surface area contributed by atoms with Gasteiger partial charge in [-0.05, 0) is 37.1 Å². The number of carbonyl (C=O) groups excluding carboxylic acids is 1. The van der Waals surface area contributed by atoms with Crippen molar-refractivity contribution >= 4 is 35.0 Å². The van der Waals surface area contributed by atoms with Gasteiger partial charge in [0.2, 0.25) is 5.91 Å². The van der Waals surface area contributed by atoms with Crippen molar-refractivity contribution in [2.45, 2.75) is 43.2 Å². The topological polar surface area (TPSA) is 59.8 Å². The second kappa shape index (κ2) is 9.46. The number of amides is 1. The molecule has 0 atom stereocenters. The van der Waals surface area contributed by atoms with Crippen LogP contribution in [0.15, 0.2) is 59.8 Å². The molecular formula is C22H23ClN4OS. The maximum Gasteiger partial charge on any atom is 0.234 e. The number of anilines is 1. The van der Waals surface area contributed by atoms with E-state index in [1.54, 1.807) is 12.1 Å². The second-order valence-electron chi connectivity index (χ2n) is 7.16. The molecule has 0 saturated heterocycles. The van der Waals surface area contributed by atoms with Crippen molar-refractivity contribution in [1.82, 2.24) is 14.8 Å². The minimum Gasteiger partial charge on any atom is -0.324 e. The lowest BCUT2D eigenvalue weighted by Crippen LogP contribution is -2.15. The molecule has 4 rings (SSSR count). The molecule has 2 aromatic carbocycles. The normalized spacial score (nSPS) is 14.7. The summed E-state index contributed by atoms with van der Waals surface area (Å²) in [7, 11) is 0. The van der Waals surface area contributed by atoms with Crippen LogP contribution >= 0.6 is 23.4 Å². The van der Waals surface area contributed by atoms with Crippen molar-refractivity contribution < 1.29 is 4.79 Å². The number of hydrogen-bond donors (Lipinski definition) is 1. The first-order valence-electron chi connectivity index (χ1n) is 9.90. The summed E-state index contributed by atoms with van der Waals surface area (Å²) >= 11 is 7.53. The molecule has 1 saturated carbocycles. The van der Waals surface area contributed by atoms with Gasteiger partial charge in [0.05, 0.1) is 16.5 Å². The van der Waals surface area contributed by atoms with Crippen LogP contribution < -0.4 is 5.32 Å². The predicted molar refractivity (Wildman–Crippen MR) is 118 cm³/mol. The van der Waals surface area contributed by atoms with E-state index in [0.717, 1.165) is 29.5 Å². The van der Waals surface area contributed by atoms with E-state index < -0.39 is 0 Å². The van der Waals surface area contributed by atoms with E-state index >= 15 is 0 Å². The SMILES string of the molecule is O=C(CSc1nnc(C2CCCCC2)n1-c1ccccc1)Nc1ccccc1Cl. The Morgan fingerprint density at radius 2 is 1.76 bits per heavy atom. The van der Waals surface area contributed by atoms with E-state index in [-0.39, 0.29) is 11.7 Å². The Kier molecular flexibility index (Phi) is 6.52. The fourth-order valence-electron chi connectivity index (χ4n) is 3.70. The van der Waals surface area contributed by atoms with Crippen molar-refractivity contribution in [1.29, 1.82) is 0 Å². The lowest BCUT2D eigenvalue weighted by molar-refractivity contribution is -0.113. The first-order chi connectivity index (χ1) is 14.2. The molecular weight excluding hydrogens is 404 g/mol. The van der Waals surface area contributed by atoms with Gasteiger partial charge in [-0.2, -0.15) is 0 Å². The number of hydrogen-bond acceptors (Lipinski definition) is 4. The van der Waals surface area contributed by atoms with Gasteiger partial charge in [0, 0.05) is 11.6 Å². The van der Waals surface area contributed by atoms with Crippen LogP contribution in [0.4, 0.5) is 5.69 Å². The Hall–Kier alpha value is -2.31. The highest BCUT2D eigenvalue weighted by atomic mass is 35.5. The van der Waals surface area contributed by atoms with E-state index in [1.165, 1.54) is 31.0 Å². The molecule has 0 bridgehead atoms. The molecule has 0 aliphatic heterocycles. The van der Waals surface area contributed by atoms with Crippen LogP contribution in [0.1, 0.15) is 43.8 Å². The van der Waals surface area contributed by atoms with E-state index in [9.17, 15) is 4.79 Å². The summed E-state index contributed by atoms with van der Waals surface area (Å²) in [5.74, 6) is 1.54. The molecule has 0 spiro atoms. The summed E-state index contributed by atoms with van der Waals surface area (Å²) in [5, 5.41) is 13.1. The highest BCUT2D eigenvalue weighted by molar-refractivity contribution is 7.99. The fourth-order valence-corrected chi connectivity index (χ4v) is 4.64. The van der Waals surface area contributed by atoms with Crippen molar-refractivity contribution in [2.75, 3.05) is 11.1 Å². The molecule has 5 nitrogen and oxygen atoms in total. The van der Waals surface area contributed by atoms with Gasteiger partial charge in [0.25, 0.3) is 0 Å². The van der Waals surface area contributed by atoms with Gasteiger partial charge in [0.15, 0.2) is 5.16 Å². The Labute approximate surface area is 179 Å². The Morgan fingerprint density at radius 3 is 2.52 bits per heavy atom. The Balaban J connectivity index is 1.53. The predicted octanol–water partition coefficient (Wildman–Crippen LogP) is 5.70. The third-order valence-corrected chi connectivity index (χ3v) is 6.38. The molecule has 1 amide bonds. The Morgan fingerprint density at radius 1 is 1.03 bits per heavy atom. The molecule has 29 heavy (non-hydrogen) atoms. The van der Waals surface area contributed by atoms with Crippen molar-refractivity contribution in [2.24, 2.45) is 0 Å². The number of nitrogens with zero attached hydrogens (tertiary/aromatic N) is 3. The average Bonchev–Trinajstić information content (AvgIpc) is 3.19. The maximum atomic E-state index is 12.4. The third kappa shape index (κ3) is 4.82. The van der Waals surface area contributed by atoms with E-state index in [0.29, 0.717) is 16.6 Å². The first kappa shape index (κ1) is 20.0. The van der Waals surface area contributed by atoms with Crippen LogP contribution in [0.2, 0.25) is 5.02 Å². The summed E-state index contributed by atoms with van der Waals surface area (Å²) in [5.41, 5.74) is 1.65. The number of rotatable bonds is 6. The molecule has 1 fully saturated rings. The molecule has 1 N–H and O–H groups in total. The standard InChI is InChI=1S/C22H23ClN4OS/c23-18-13-7-8-14-19(18)24-20(28)15-29-22-26-25-21(16-9-3-1-4-10-16)27(22)17-11-5-2-6-12-17/h2,5-8,11-14,16H,1,3-4,9-10,15H2,(H,24,28). The maximum absolute atomic E-state index is 12.4. The van der Waals surface area contributed by atoms with Gasteiger partial charge >= 0.3 is 0 Å². The van der Waals surface area contributed by atoms with Gasteiger partial charge in [-0.3, -0.25) is 9.36 Å². The van der Waals surface area contributed by atoms with Crippen LogP contribution in [0.5, 0.6) is 0 Å². The number of halogens is 1. The fraction of sp³-hybridized carbons (Fsp3) is 0.318. The zero-order valence-corrected chi connectivity index (χ0v) is 17.6. The number of aromatic nitrogens is 3. The first-order valence-corrected chi connectivity index (χ1v) is 11.3. The molecule has 0 unspecified atom stereocenters. The molecule has 150 valence electrons. The summed E-state index contributed by atoms with van der Waals surface area (Å²) in [6.45, 7) is 0. The molecule has 0 radical (unpaired) electrons. The van der Waals surface area contributed by atoms with E-state index in [4.69, 9.17) is 11.6 Å². The van der Waals surface area contributed by atoms with E-state index in [1.807, 2.05) is 30.3 Å². The van der Waals surface area contributed by atoms with Crippen LogP contribution in [0.3, 0.4) is 0 Å². The molecule has 1 aliphatic rings. The van der Waals surface area contributed by atoms with Gasteiger partial charge in [-0.15, -0.1) is 10.2 Å². The summed E-state index contributed by atoms with van der Waals surface area (Å²) in [6.07, 6.45) is 6.04. The van der Waals surface area contributed by atoms with Crippen LogP contribution in [0.25, 0.3) is 5.69 Å². The van der Waals surface area contributed by atoms with Crippen molar-refractivity contribution in [3.05, 3.63) is 65.4 Å². The zero-order valence-electron chi connectivity index (χ0n) is 16.1. The third-order valence-electron chi connectivity index (χ3n) is 5.12. The Bertz CT molecular complexity index is 970. The average molecular weight is 427 g/mol. The van der Waals surface area contributed by atoms with Gasteiger partial charge in [-0.1, -0.05) is 73.0 Å². The highest BCUT2D eigenvalue weighted by Gasteiger charge is 2.24. The monoisotopic (exact) mass is 426 g/mol. The zero-order chi connectivity index (χ0) is 20.1. The number of nitrogens with one attached hydrogen (secondary N) is 1. The number of thioether (sulfide) groups is 1. The molecule has 1 heterocycles. The lowest BCUT2D eigenvalue weighted by Gasteiger charge is -2.22. The van der Waals surface area contributed by atoms with Gasteiger partial charge in [-0.25, -0.2) is 0 Å². The lowest BCUT2D eigenvalue weighted by atomic mass is 9.88. The van der Waals surface area contributed by atoms with Crippen LogP contribution in [0, 0.1) is 0 Å². The number of carbonyl (C=O) groups is 1. The smallest absolute Gasteiger partial charge is 0.234 e. The second-order valence-corrected chi connectivity index (χ2v) is 8.51. The van der Waals surface area contributed by atoms with Crippen LogP contribution in [-0.4, -0.2) is 26.4 Å². The highest BCUT2D eigenvalue weighted by Crippen LogP contribution is 2.35. The van der Waals surface area contributed by atoms with Gasteiger partial charge < -0.3 is 5.32 Å². The van der Waals surface area contributed by atoms with Crippen molar-refractivity contribution in [3.63, 3.8) is 0 Å². The molecule has 1 aromatic heterocycles.